The lowest BCUT2D eigenvalue weighted by molar-refractivity contribution is -0.141. The standard InChI is InChI=1S/C16H14F3N5O/c17-16(18,19)13-5-6-20-14(22-13)23-7-9-24(10-8-23)15-21-11-3-1-2-4-12(11)25-15/h1-6H,7-10H2. The Morgan fingerprint density at radius 3 is 2.36 bits per heavy atom. The number of oxazole rings is 1. The summed E-state index contributed by atoms with van der Waals surface area (Å²) in [5.41, 5.74) is 0.557. The molecular formula is C16H14F3N5O. The quantitative estimate of drug-likeness (QED) is 0.709. The van der Waals surface area contributed by atoms with Gasteiger partial charge in [0, 0.05) is 32.4 Å². The predicted octanol–water partition coefficient (Wildman–Crippen LogP) is 2.96. The van der Waals surface area contributed by atoms with E-state index in [0.29, 0.717) is 37.8 Å². The Morgan fingerprint density at radius 2 is 1.64 bits per heavy atom. The number of nitrogens with zero attached hydrogens (tertiary/aromatic N) is 5. The van der Waals surface area contributed by atoms with Crippen LogP contribution in [0.2, 0.25) is 0 Å². The smallest absolute Gasteiger partial charge is 0.423 e. The topological polar surface area (TPSA) is 58.3 Å². The van der Waals surface area contributed by atoms with Crippen LogP contribution in [0, 0.1) is 0 Å². The summed E-state index contributed by atoms with van der Waals surface area (Å²) in [6, 6.07) is 8.87. The normalized spacial score (nSPS) is 15.8. The zero-order valence-electron chi connectivity index (χ0n) is 13.1. The number of fused-ring (bicyclic) bond motifs is 1. The van der Waals surface area contributed by atoms with E-state index in [4.69, 9.17) is 4.42 Å². The van der Waals surface area contributed by atoms with Gasteiger partial charge in [-0.3, -0.25) is 0 Å². The SMILES string of the molecule is FC(F)(F)c1ccnc(N2CCN(c3nc4ccccc4o3)CC2)n1. The zero-order chi connectivity index (χ0) is 17.4. The minimum atomic E-state index is -4.47. The summed E-state index contributed by atoms with van der Waals surface area (Å²) < 4.78 is 44.1. The van der Waals surface area contributed by atoms with Gasteiger partial charge in [0.15, 0.2) is 5.58 Å². The molecule has 3 aromatic rings. The van der Waals surface area contributed by atoms with Crippen LogP contribution in [-0.4, -0.2) is 41.1 Å². The number of benzene rings is 1. The minimum absolute atomic E-state index is 0.0899. The highest BCUT2D eigenvalue weighted by atomic mass is 19.4. The van der Waals surface area contributed by atoms with E-state index in [0.717, 1.165) is 17.8 Å². The van der Waals surface area contributed by atoms with E-state index >= 15 is 0 Å². The molecule has 2 aromatic heterocycles. The first-order valence-electron chi connectivity index (χ1n) is 7.76. The summed E-state index contributed by atoms with van der Waals surface area (Å²) in [5, 5.41) is 0. The average Bonchev–Trinajstić information content (AvgIpc) is 3.05. The Kier molecular flexibility index (Phi) is 3.70. The maximum atomic E-state index is 12.8. The van der Waals surface area contributed by atoms with Crippen molar-refractivity contribution in [1.29, 1.82) is 0 Å². The predicted molar refractivity (Wildman–Crippen MR) is 85.5 cm³/mol. The Labute approximate surface area is 140 Å². The first-order valence-corrected chi connectivity index (χ1v) is 7.76. The van der Waals surface area contributed by atoms with Crippen molar-refractivity contribution < 1.29 is 17.6 Å². The highest BCUT2D eigenvalue weighted by molar-refractivity contribution is 5.74. The molecule has 0 unspecified atom stereocenters. The number of anilines is 2. The van der Waals surface area contributed by atoms with Crippen LogP contribution in [0.25, 0.3) is 11.1 Å². The van der Waals surface area contributed by atoms with E-state index in [1.54, 1.807) is 4.90 Å². The van der Waals surface area contributed by atoms with Crippen molar-refractivity contribution in [3.8, 4) is 0 Å². The number of para-hydroxylation sites is 2. The van der Waals surface area contributed by atoms with Crippen LogP contribution in [0.5, 0.6) is 0 Å². The maximum absolute atomic E-state index is 12.8. The molecule has 1 aliphatic rings. The van der Waals surface area contributed by atoms with Crippen molar-refractivity contribution in [2.24, 2.45) is 0 Å². The molecule has 4 rings (SSSR count). The van der Waals surface area contributed by atoms with E-state index in [1.165, 1.54) is 0 Å². The van der Waals surface area contributed by atoms with Crippen molar-refractivity contribution in [3.63, 3.8) is 0 Å². The molecule has 0 atom stereocenters. The van der Waals surface area contributed by atoms with Crippen molar-refractivity contribution in [3.05, 3.63) is 42.2 Å². The molecule has 0 aliphatic carbocycles. The van der Waals surface area contributed by atoms with Gasteiger partial charge in [0.05, 0.1) is 0 Å². The molecular weight excluding hydrogens is 335 g/mol. The second-order valence-electron chi connectivity index (χ2n) is 5.68. The van der Waals surface area contributed by atoms with Crippen LogP contribution in [0.15, 0.2) is 40.9 Å². The molecule has 0 radical (unpaired) electrons. The molecule has 0 N–H and O–H groups in total. The summed E-state index contributed by atoms with van der Waals surface area (Å²) in [5.74, 6) is 0.0899. The van der Waals surface area contributed by atoms with Gasteiger partial charge in [-0.05, 0) is 18.2 Å². The molecule has 1 aromatic carbocycles. The molecule has 0 bridgehead atoms. The molecule has 130 valence electrons. The third kappa shape index (κ3) is 3.09. The molecule has 1 fully saturated rings. The Balaban J connectivity index is 1.48. The van der Waals surface area contributed by atoms with E-state index in [9.17, 15) is 13.2 Å². The lowest BCUT2D eigenvalue weighted by Crippen LogP contribution is -2.47. The molecule has 0 saturated carbocycles. The first kappa shape index (κ1) is 15.7. The van der Waals surface area contributed by atoms with Gasteiger partial charge >= 0.3 is 6.18 Å². The number of halogens is 3. The highest BCUT2D eigenvalue weighted by Crippen LogP contribution is 2.28. The molecule has 25 heavy (non-hydrogen) atoms. The third-order valence-corrected chi connectivity index (χ3v) is 4.05. The number of hydrogen-bond donors (Lipinski definition) is 0. The third-order valence-electron chi connectivity index (χ3n) is 4.05. The number of piperazine rings is 1. The monoisotopic (exact) mass is 349 g/mol. The number of hydrogen-bond acceptors (Lipinski definition) is 6. The summed E-state index contributed by atoms with van der Waals surface area (Å²) in [6.45, 7) is 2.10. The Bertz CT molecular complexity index is 854. The molecule has 9 heteroatoms. The van der Waals surface area contributed by atoms with Gasteiger partial charge < -0.3 is 14.2 Å². The second-order valence-corrected chi connectivity index (χ2v) is 5.68. The van der Waals surface area contributed by atoms with Crippen molar-refractivity contribution >= 4 is 23.1 Å². The van der Waals surface area contributed by atoms with Crippen LogP contribution in [0.3, 0.4) is 0 Å². The van der Waals surface area contributed by atoms with Crippen LogP contribution in [-0.2, 0) is 6.18 Å². The maximum Gasteiger partial charge on any atom is 0.433 e. The summed E-state index contributed by atoms with van der Waals surface area (Å²) >= 11 is 0. The summed E-state index contributed by atoms with van der Waals surface area (Å²) in [4.78, 5) is 15.7. The fourth-order valence-electron chi connectivity index (χ4n) is 2.75. The lowest BCUT2D eigenvalue weighted by Gasteiger charge is -2.33. The first-order chi connectivity index (χ1) is 12.0. The van der Waals surface area contributed by atoms with Gasteiger partial charge in [0.25, 0.3) is 6.01 Å². The largest absolute Gasteiger partial charge is 0.433 e. The number of alkyl halides is 3. The fraction of sp³-hybridized carbons (Fsp3) is 0.312. The van der Waals surface area contributed by atoms with Gasteiger partial charge in [-0.1, -0.05) is 12.1 Å². The molecule has 1 aliphatic heterocycles. The van der Waals surface area contributed by atoms with E-state index in [1.807, 2.05) is 29.2 Å². The van der Waals surface area contributed by atoms with Gasteiger partial charge in [0.1, 0.15) is 11.2 Å². The second kappa shape index (κ2) is 5.91. The van der Waals surface area contributed by atoms with Crippen LogP contribution in [0.1, 0.15) is 5.69 Å². The summed E-state index contributed by atoms with van der Waals surface area (Å²) in [6.07, 6.45) is -3.34. The molecule has 3 heterocycles. The number of aromatic nitrogens is 3. The highest BCUT2D eigenvalue weighted by Gasteiger charge is 2.33. The lowest BCUT2D eigenvalue weighted by atomic mass is 10.3. The van der Waals surface area contributed by atoms with Crippen molar-refractivity contribution in [1.82, 2.24) is 15.0 Å². The fourth-order valence-corrected chi connectivity index (χ4v) is 2.75. The molecule has 6 nitrogen and oxygen atoms in total. The van der Waals surface area contributed by atoms with Gasteiger partial charge in [-0.25, -0.2) is 9.97 Å². The van der Waals surface area contributed by atoms with E-state index in [2.05, 4.69) is 15.0 Å². The minimum Gasteiger partial charge on any atom is -0.423 e. The van der Waals surface area contributed by atoms with E-state index < -0.39 is 11.9 Å². The van der Waals surface area contributed by atoms with Crippen LogP contribution < -0.4 is 9.80 Å². The Hall–Kier alpha value is -2.84. The zero-order valence-corrected chi connectivity index (χ0v) is 13.1. The average molecular weight is 349 g/mol. The molecule has 0 spiro atoms. The van der Waals surface area contributed by atoms with E-state index in [-0.39, 0.29) is 5.95 Å². The van der Waals surface area contributed by atoms with Crippen molar-refractivity contribution in [2.75, 3.05) is 36.0 Å². The van der Waals surface area contributed by atoms with Gasteiger partial charge in [-0.2, -0.15) is 18.2 Å². The van der Waals surface area contributed by atoms with Crippen LogP contribution in [0.4, 0.5) is 25.1 Å². The van der Waals surface area contributed by atoms with Gasteiger partial charge in [-0.15, -0.1) is 0 Å². The number of rotatable bonds is 2. The summed E-state index contributed by atoms with van der Waals surface area (Å²) in [7, 11) is 0. The molecule has 0 amide bonds. The van der Waals surface area contributed by atoms with Crippen LogP contribution >= 0.6 is 0 Å². The Morgan fingerprint density at radius 1 is 0.920 bits per heavy atom. The molecule has 1 saturated heterocycles. The van der Waals surface area contributed by atoms with Crippen molar-refractivity contribution in [2.45, 2.75) is 6.18 Å². The van der Waals surface area contributed by atoms with Gasteiger partial charge in [0.2, 0.25) is 5.95 Å².